The molecule has 0 saturated heterocycles. The Hall–Kier alpha value is -0.870. The van der Waals surface area contributed by atoms with Gasteiger partial charge >= 0.3 is 0 Å². The predicted octanol–water partition coefficient (Wildman–Crippen LogP) is 1.54. The number of carbonyl (C=O) groups is 1. The minimum atomic E-state index is -0.358. The molecular formula is C10H13BrN2O. The van der Waals surface area contributed by atoms with Crippen LogP contribution in [0.2, 0.25) is 0 Å². The molecule has 1 unspecified atom stereocenters. The third-order valence-corrected chi connectivity index (χ3v) is 2.50. The van der Waals surface area contributed by atoms with Gasteiger partial charge in [-0.1, -0.05) is 28.1 Å². The molecule has 0 heterocycles. The molecule has 1 aromatic carbocycles. The second-order valence-electron chi connectivity index (χ2n) is 3.32. The van der Waals surface area contributed by atoms with Crippen LogP contribution in [-0.4, -0.2) is 24.9 Å². The van der Waals surface area contributed by atoms with E-state index in [2.05, 4.69) is 15.9 Å². The summed E-state index contributed by atoms with van der Waals surface area (Å²) in [6, 6.07) is 7.21. The number of rotatable bonds is 3. The molecule has 0 bridgehead atoms. The number of benzene rings is 1. The minimum Gasteiger partial charge on any atom is -0.368 e. The molecule has 0 fully saturated rings. The number of hydrogen-bond donors (Lipinski definition) is 1. The van der Waals surface area contributed by atoms with Crippen molar-refractivity contribution >= 4 is 21.8 Å². The van der Waals surface area contributed by atoms with Gasteiger partial charge in [-0.05, 0) is 31.8 Å². The van der Waals surface area contributed by atoms with Crippen LogP contribution in [0.4, 0.5) is 0 Å². The van der Waals surface area contributed by atoms with Gasteiger partial charge in [-0.3, -0.25) is 9.69 Å². The zero-order valence-electron chi connectivity index (χ0n) is 8.20. The minimum absolute atomic E-state index is 0.336. The molecule has 1 rings (SSSR count). The Labute approximate surface area is 92.0 Å². The molecule has 1 aromatic rings. The Morgan fingerprint density at radius 3 is 2.21 bits per heavy atom. The molecule has 0 saturated carbocycles. The molecular weight excluding hydrogens is 244 g/mol. The predicted molar refractivity (Wildman–Crippen MR) is 59.8 cm³/mol. The van der Waals surface area contributed by atoms with Crippen LogP contribution in [0.25, 0.3) is 0 Å². The van der Waals surface area contributed by atoms with Crippen molar-refractivity contribution in [3.63, 3.8) is 0 Å². The van der Waals surface area contributed by atoms with Crippen molar-refractivity contribution < 1.29 is 4.79 Å². The number of nitrogens with two attached hydrogens (primary N) is 1. The van der Waals surface area contributed by atoms with Crippen molar-refractivity contribution in [3.05, 3.63) is 34.3 Å². The summed E-state index contributed by atoms with van der Waals surface area (Å²) in [5.41, 5.74) is 6.22. The van der Waals surface area contributed by atoms with Crippen LogP contribution in [0.15, 0.2) is 28.7 Å². The highest BCUT2D eigenvalue weighted by Crippen LogP contribution is 2.19. The number of carbonyl (C=O) groups excluding carboxylic acids is 1. The Morgan fingerprint density at radius 1 is 1.36 bits per heavy atom. The zero-order chi connectivity index (χ0) is 10.7. The van der Waals surface area contributed by atoms with Crippen molar-refractivity contribution in [3.8, 4) is 0 Å². The topological polar surface area (TPSA) is 46.3 Å². The Balaban J connectivity index is 3.00. The summed E-state index contributed by atoms with van der Waals surface area (Å²) in [6.07, 6.45) is 0. The third kappa shape index (κ3) is 2.56. The summed E-state index contributed by atoms with van der Waals surface area (Å²) in [6.45, 7) is 0. The van der Waals surface area contributed by atoms with Crippen LogP contribution < -0.4 is 5.73 Å². The third-order valence-electron chi connectivity index (χ3n) is 1.97. The van der Waals surface area contributed by atoms with E-state index in [1.165, 1.54) is 0 Å². The van der Waals surface area contributed by atoms with Gasteiger partial charge in [0.25, 0.3) is 0 Å². The summed E-state index contributed by atoms with van der Waals surface area (Å²) in [5, 5.41) is 0. The van der Waals surface area contributed by atoms with Gasteiger partial charge in [-0.15, -0.1) is 0 Å². The molecule has 0 aromatic heterocycles. The fourth-order valence-electron chi connectivity index (χ4n) is 1.36. The van der Waals surface area contributed by atoms with E-state index in [1.807, 2.05) is 38.4 Å². The summed E-state index contributed by atoms with van der Waals surface area (Å²) < 4.78 is 0.989. The largest absolute Gasteiger partial charge is 0.368 e. The summed E-state index contributed by atoms with van der Waals surface area (Å²) >= 11 is 3.34. The number of primary amides is 1. The van der Waals surface area contributed by atoms with Gasteiger partial charge in [0.15, 0.2) is 0 Å². The molecule has 0 aliphatic rings. The molecule has 2 N–H and O–H groups in total. The molecule has 3 nitrogen and oxygen atoms in total. The highest BCUT2D eigenvalue weighted by Gasteiger charge is 2.19. The fourth-order valence-corrected chi connectivity index (χ4v) is 1.63. The molecule has 1 atom stereocenters. The van der Waals surface area contributed by atoms with Gasteiger partial charge in [-0.2, -0.15) is 0 Å². The van der Waals surface area contributed by atoms with E-state index < -0.39 is 0 Å². The summed E-state index contributed by atoms with van der Waals surface area (Å²) in [7, 11) is 3.66. The maximum Gasteiger partial charge on any atom is 0.239 e. The van der Waals surface area contributed by atoms with Gasteiger partial charge in [0.05, 0.1) is 0 Å². The second-order valence-corrected chi connectivity index (χ2v) is 4.24. The van der Waals surface area contributed by atoms with Crippen molar-refractivity contribution in [2.24, 2.45) is 5.73 Å². The Kier molecular flexibility index (Phi) is 3.66. The number of amides is 1. The summed E-state index contributed by atoms with van der Waals surface area (Å²) in [5.74, 6) is -0.336. The molecule has 14 heavy (non-hydrogen) atoms. The molecule has 76 valence electrons. The van der Waals surface area contributed by atoms with Crippen LogP contribution in [0, 0.1) is 0 Å². The maximum absolute atomic E-state index is 11.2. The first-order valence-corrected chi connectivity index (χ1v) is 5.03. The quantitative estimate of drug-likeness (QED) is 0.892. The average Bonchev–Trinajstić information content (AvgIpc) is 2.07. The first kappa shape index (κ1) is 11.2. The molecule has 0 aliphatic carbocycles. The lowest BCUT2D eigenvalue weighted by atomic mass is 10.1. The van der Waals surface area contributed by atoms with Gasteiger partial charge in [-0.25, -0.2) is 0 Å². The van der Waals surface area contributed by atoms with Gasteiger partial charge < -0.3 is 5.73 Å². The highest BCUT2D eigenvalue weighted by atomic mass is 79.9. The molecule has 0 radical (unpaired) electrons. The number of halogens is 1. The molecule has 4 heteroatoms. The van der Waals surface area contributed by atoms with E-state index in [-0.39, 0.29) is 11.9 Å². The lowest BCUT2D eigenvalue weighted by molar-refractivity contribution is -0.122. The summed E-state index contributed by atoms with van der Waals surface area (Å²) in [4.78, 5) is 13.0. The number of nitrogens with zero attached hydrogens (tertiary/aromatic N) is 1. The van der Waals surface area contributed by atoms with Crippen LogP contribution in [-0.2, 0) is 4.79 Å². The van der Waals surface area contributed by atoms with E-state index in [1.54, 1.807) is 4.90 Å². The first-order chi connectivity index (χ1) is 6.52. The molecule has 0 spiro atoms. The lowest BCUT2D eigenvalue weighted by Crippen LogP contribution is -2.32. The number of likely N-dealkylation sites (N-methyl/N-ethyl adjacent to an activating group) is 1. The zero-order valence-corrected chi connectivity index (χ0v) is 9.78. The van der Waals surface area contributed by atoms with Crippen molar-refractivity contribution in [2.75, 3.05) is 14.1 Å². The highest BCUT2D eigenvalue weighted by molar-refractivity contribution is 9.10. The Morgan fingerprint density at radius 2 is 1.86 bits per heavy atom. The van der Waals surface area contributed by atoms with Crippen LogP contribution >= 0.6 is 15.9 Å². The van der Waals surface area contributed by atoms with Gasteiger partial charge in [0.2, 0.25) is 5.91 Å². The molecule has 1 amide bonds. The molecule has 0 aliphatic heterocycles. The van der Waals surface area contributed by atoms with Crippen molar-refractivity contribution in [1.29, 1.82) is 0 Å². The SMILES string of the molecule is CN(C)C(C(N)=O)c1ccc(Br)cc1. The standard InChI is InChI=1S/C10H13BrN2O/c1-13(2)9(10(12)14)7-3-5-8(11)6-4-7/h3-6,9H,1-2H3,(H2,12,14). The second kappa shape index (κ2) is 4.57. The maximum atomic E-state index is 11.2. The van der Waals surface area contributed by atoms with E-state index in [9.17, 15) is 4.79 Å². The number of hydrogen-bond acceptors (Lipinski definition) is 2. The van der Waals surface area contributed by atoms with Crippen LogP contribution in [0.3, 0.4) is 0 Å². The fraction of sp³-hybridized carbons (Fsp3) is 0.300. The van der Waals surface area contributed by atoms with Gasteiger partial charge in [0.1, 0.15) is 6.04 Å². The van der Waals surface area contributed by atoms with Crippen molar-refractivity contribution in [2.45, 2.75) is 6.04 Å². The monoisotopic (exact) mass is 256 g/mol. The van der Waals surface area contributed by atoms with Crippen LogP contribution in [0.5, 0.6) is 0 Å². The van der Waals surface area contributed by atoms with E-state index in [0.717, 1.165) is 10.0 Å². The lowest BCUT2D eigenvalue weighted by Gasteiger charge is -2.21. The van der Waals surface area contributed by atoms with Gasteiger partial charge in [0, 0.05) is 4.47 Å². The van der Waals surface area contributed by atoms with Crippen LogP contribution in [0.1, 0.15) is 11.6 Å². The Bertz CT molecular complexity index is 321. The van der Waals surface area contributed by atoms with E-state index in [0.29, 0.717) is 0 Å². The normalized spacial score (nSPS) is 12.9. The van der Waals surface area contributed by atoms with Crippen molar-refractivity contribution in [1.82, 2.24) is 4.90 Å². The van der Waals surface area contributed by atoms with E-state index in [4.69, 9.17) is 5.73 Å². The first-order valence-electron chi connectivity index (χ1n) is 4.23. The smallest absolute Gasteiger partial charge is 0.239 e. The van der Waals surface area contributed by atoms with E-state index >= 15 is 0 Å². The average molecular weight is 257 g/mol.